The number of nitrogens with zero attached hydrogens (tertiary/aromatic N) is 2. The van der Waals surface area contributed by atoms with Crippen molar-refractivity contribution >= 4 is 0 Å². The van der Waals surface area contributed by atoms with Gasteiger partial charge in [0.1, 0.15) is 0 Å². The molecular formula is C12H26N2. The molecule has 14 heavy (non-hydrogen) atoms. The van der Waals surface area contributed by atoms with Gasteiger partial charge < -0.3 is 9.80 Å². The zero-order valence-electron chi connectivity index (χ0n) is 10.5. The maximum Gasteiger partial charge on any atom is 0.0187 e. The van der Waals surface area contributed by atoms with E-state index in [1.54, 1.807) is 0 Å². The summed E-state index contributed by atoms with van der Waals surface area (Å²) in [7, 11) is 4.40. The molecular weight excluding hydrogens is 172 g/mol. The molecule has 0 aromatic carbocycles. The van der Waals surface area contributed by atoms with Gasteiger partial charge in [0.2, 0.25) is 0 Å². The van der Waals surface area contributed by atoms with Crippen LogP contribution in [0.15, 0.2) is 0 Å². The average Bonchev–Trinajstić information content (AvgIpc) is 2.17. The normalized spacial score (nSPS) is 25.7. The van der Waals surface area contributed by atoms with E-state index in [2.05, 4.69) is 44.7 Å². The molecule has 0 aromatic heterocycles. The Morgan fingerprint density at radius 1 is 1.36 bits per heavy atom. The fourth-order valence-corrected chi connectivity index (χ4v) is 2.28. The average molecular weight is 198 g/mol. The summed E-state index contributed by atoms with van der Waals surface area (Å²) in [5, 5.41) is 0. The highest BCUT2D eigenvalue weighted by molar-refractivity contribution is 4.89. The van der Waals surface area contributed by atoms with Gasteiger partial charge in [-0.25, -0.2) is 0 Å². The van der Waals surface area contributed by atoms with Gasteiger partial charge in [0, 0.05) is 12.1 Å². The van der Waals surface area contributed by atoms with Crippen molar-refractivity contribution in [1.82, 2.24) is 9.80 Å². The summed E-state index contributed by atoms with van der Waals surface area (Å²) in [5.74, 6) is 0.825. The quantitative estimate of drug-likeness (QED) is 0.685. The highest BCUT2D eigenvalue weighted by atomic mass is 15.2. The van der Waals surface area contributed by atoms with Crippen LogP contribution in [0.2, 0.25) is 0 Å². The van der Waals surface area contributed by atoms with Gasteiger partial charge in [-0.2, -0.15) is 0 Å². The molecule has 2 heteroatoms. The molecule has 0 aromatic rings. The van der Waals surface area contributed by atoms with E-state index < -0.39 is 0 Å². The third-order valence-electron chi connectivity index (χ3n) is 4.10. The van der Waals surface area contributed by atoms with Gasteiger partial charge in [-0.1, -0.05) is 6.92 Å². The topological polar surface area (TPSA) is 6.48 Å². The van der Waals surface area contributed by atoms with Crippen molar-refractivity contribution in [1.29, 1.82) is 0 Å². The Balaban J connectivity index is 2.59. The SMILES string of the molecule is CCN1CCCC(C(C)(C)N(C)C)C1. The summed E-state index contributed by atoms with van der Waals surface area (Å²) in [5.41, 5.74) is 0.341. The van der Waals surface area contributed by atoms with E-state index in [9.17, 15) is 0 Å². The summed E-state index contributed by atoms with van der Waals surface area (Å²) < 4.78 is 0. The molecule has 1 unspecified atom stereocenters. The molecule has 1 heterocycles. The molecule has 0 radical (unpaired) electrons. The van der Waals surface area contributed by atoms with Gasteiger partial charge in [0.15, 0.2) is 0 Å². The Kier molecular flexibility index (Phi) is 3.96. The lowest BCUT2D eigenvalue weighted by molar-refractivity contribution is 0.0534. The smallest absolute Gasteiger partial charge is 0.0187 e. The molecule has 84 valence electrons. The van der Waals surface area contributed by atoms with E-state index in [1.807, 2.05) is 0 Å². The van der Waals surface area contributed by atoms with E-state index in [1.165, 1.54) is 32.5 Å². The lowest BCUT2D eigenvalue weighted by Gasteiger charge is -2.45. The van der Waals surface area contributed by atoms with Gasteiger partial charge in [-0.15, -0.1) is 0 Å². The number of rotatable bonds is 3. The first-order chi connectivity index (χ1) is 6.48. The van der Waals surface area contributed by atoms with Crippen LogP contribution in [0.25, 0.3) is 0 Å². The summed E-state index contributed by atoms with van der Waals surface area (Å²) in [6.45, 7) is 10.8. The van der Waals surface area contributed by atoms with Crippen molar-refractivity contribution in [3.63, 3.8) is 0 Å². The lowest BCUT2D eigenvalue weighted by atomic mass is 9.80. The highest BCUT2D eigenvalue weighted by Gasteiger charge is 2.34. The van der Waals surface area contributed by atoms with Crippen molar-refractivity contribution in [2.75, 3.05) is 33.7 Å². The molecule has 1 saturated heterocycles. The summed E-state index contributed by atoms with van der Waals surface area (Å²) in [6.07, 6.45) is 2.76. The van der Waals surface area contributed by atoms with Gasteiger partial charge >= 0.3 is 0 Å². The standard InChI is InChI=1S/C12H26N2/c1-6-14-9-7-8-11(10-14)12(2,3)13(4)5/h11H,6-10H2,1-5H3. The zero-order valence-corrected chi connectivity index (χ0v) is 10.5. The predicted molar refractivity (Wildman–Crippen MR) is 62.6 cm³/mol. The second-order valence-electron chi connectivity index (χ2n) is 5.28. The summed E-state index contributed by atoms with van der Waals surface area (Å²) in [6, 6.07) is 0. The fraction of sp³-hybridized carbons (Fsp3) is 1.00. The first-order valence-corrected chi connectivity index (χ1v) is 5.88. The lowest BCUT2D eigenvalue weighted by Crippen LogP contribution is -2.51. The van der Waals surface area contributed by atoms with Gasteiger partial charge in [0.25, 0.3) is 0 Å². The van der Waals surface area contributed by atoms with Crippen LogP contribution in [-0.4, -0.2) is 49.1 Å². The van der Waals surface area contributed by atoms with Gasteiger partial charge in [-0.3, -0.25) is 0 Å². The summed E-state index contributed by atoms with van der Waals surface area (Å²) >= 11 is 0. The molecule has 1 aliphatic heterocycles. The minimum absolute atomic E-state index is 0.341. The van der Waals surface area contributed by atoms with Crippen LogP contribution in [-0.2, 0) is 0 Å². The van der Waals surface area contributed by atoms with Crippen LogP contribution < -0.4 is 0 Å². The summed E-state index contributed by atoms with van der Waals surface area (Å²) in [4.78, 5) is 4.95. The molecule has 1 atom stereocenters. The molecule has 1 rings (SSSR count). The minimum atomic E-state index is 0.341. The second kappa shape index (κ2) is 4.63. The first kappa shape index (κ1) is 12.0. The second-order valence-corrected chi connectivity index (χ2v) is 5.28. The van der Waals surface area contributed by atoms with Crippen LogP contribution >= 0.6 is 0 Å². The number of hydrogen-bond acceptors (Lipinski definition) is 2. The fourth-order valence-electron chi connectivity index (χ4n) is 2.28. The molecule has 0 saturated carbocycles. The molecule has 2 nitrogen and oxygen atoms in total. The van der Waals surface area contributed by atoms with E-state index >= 15 is 0 Å². The minimum Gasteiger partial charge on any atom is -0.304 e. The van der Waals surface area contributed by atoms with E-state index in [0.29, 0.717) is 5.54 Å². The maximum atomic E-state index is 2.58. The monoisotopic (exact) mass is 198 g/mol. The van der Waals surface area contributed by atoms with Crippen LogP contribution in [0.4, 0.5) is 0 Å². The molecule has 0 bridgehead atoms. The van der Waals surface area contributed by atoms with E-state index in [0.717, 1.165) is 5.92 Å². The maximum absolute atomic E-state index is 2.58. The van der Waals surface area contributed by atoms with Crippen LogP contribution in [0, 0.1) is 5.92 Å². The zero-order chi connectivity index (χ0) is 10.8. The van der Waals surface area contributed by atoms with Crippen LogP contribution in [0.1, 0.15) is 33.6 Å². The van der Waals surface area contributed by atoms with Gasteiger partial charge in [-0.05, 0) is 59.8 Å². The third-order valence-corrected chi connectivity index (χ3v) is 4.10. The molecule has 0 aliphatic carbocycles. The highest BCUT2D eigenvalue weighted by Crippen LogP contribution is 2.30. The van der Waals surface area contributed by atoms with Crippen LogP contribution in [0.3, 0.4) is 0 Å². The van der Waals surface area contributed by atoms with Crippen LogP contribution in [0.5, 0.6) is 0 Å². The van der Waals surface area contributed by atoms with Crippen molar-refractivity contribution < 1.29 is 0 Å². The largest absolute Gasteiger partial charge is 0.304 e. The van der Waals surface area contributed by atoms with Gasteiger partial charge in [0.05, 0.1) is 0 Å². The van der Waals surface area contributed by atoms with E-state index in [-0.39, 0.29) is 0 Å². The molecule has 0 spiro atoms. The number of likely N-dealkylation sites (tertiary alicyclic amines) is 1. The van der Waals surface area contributed by atoms with E-state index in [4.69, 9.17) is 0 Å². The Labute approximate surface area is 89.3 Å². The van der Waals surface area contributed by atoms with Crippen molar-refractivity contribution in [2.24, 2.45) is 5.92 Å². The Morgan fingerprint density at radius 3 is 2.50 bits per heavy atom. The third kappa shape index (κ3) is 2.48. The molecule has 1 aliphatic rings. The first-order valence-electron chi connectivity index (χ1n) is 5.88. The Morgan fingerprint density at radius 2 is 2.00 bits per heavy atom. The number of hydrogen-bond donors (Lipinski definition) is 0. The van der Waals surface area contributed by atoms with Crippen molar-refractivity contribution in [3.8, 4) is 0 Å². The molecule has 0 amide bonds. The molecule has 0 N–H and O–H groups in total. The molecule has 1 fully saturated rings. The Bertz CT molecular complexity index is 175. The Hall–Kier alpha value is -0.0800. The number of piperidine rings is 1. The van der Waals surface area contributed by atoms with Crippen molar-refractivity contribution in [2.45, 2.75) is 39.2 Å². The predicted octanol–water partition coefficient (Wildman–Crippen LogP) is 2.06. The van der Waals surface area contributed by atoms with Crippen molar-refractivity contribution in [3.05, 3.63) is 0 Å².